The molecule has 0 radical (unpaired) electrons. The normalized spacial score (nSPS) is 9.53. The molecule has 1 rings (SSSR count). The van der Waals surface area contributed by atoms with Gasteiger partial charge in [0.15, 0.2) is 0 Å². The fraction of sp³-hybridized carbons (Fsp3) is 0.300. The van der Waals surface area contributed by atoms with E-state index in [1.807, 2.05) is 0 Å². The van der Waals surface area contributed by atoms with E-state index >= 15 is 0 Å². The summed E-state index contributed by atoms with van der Waals surface area (Å²) in [7, 11) is 0. The van der Waals surface area contributed by atoms with Crippen LogP contribution in [0, 0.1) is 0 Å². The molecule has 0 heterocycles. The second-order valence-electron chi connectivity index (χ2n) is 3.19. The van der Waals surface area contributed by atoms with Crippen LogP contribution in [0.2, 0.25) is 10.0 Å². The molecule has 90 valence electrons. The standard InChI is InChI=1S/C10H10Cl2N4O/c11-7-2-3-8(9(12)6-7)10(17)14-4-1-5-15-16-13/h2-3,6H,1,4-5H2,(H,14,17). The van der Waals surface area contributed by atoms with Crippen LogP contribution in [0.25, 0.3) is 10.4 Å². The van der Waals surface area contributed by atoms with E-state index < -0.39 is 0 Å². The zero-order valence-corrected chi connectivity index (χ0v) is 10.4. The van der Waals surface area contributed by atoms with E-state index in [2.05, 4.69) is 15.3 Å². The SMILES string of the molecule is [N-]=[N+]=NCCCNC(=O)c1ccc(Cl)cc1Cl. The lowest BCUT2D eigenvalue weighted by Gasteiger charge is -2.05. The highest BCUT2D eigenvalue weighted by molar-refractivity contribution is 6.36. The minimum Gasteiger partial charge on any atom is -0.352 e. The van der Waals surface area contributed by atoms with Gasteiger partial charge < -0.3 is 5.32 Å². The Morgan fingerprint density at radius 3 is 2.88 bits per heavy atom. The van der Waals surface area contributed by atoms with Gasteiger partial charge >= 0.3 is 0 Å². The quantitative estimate of drug-likeness (QED) is 0.379. The summed E-state index contributed by atoms with van der Waals surface area (Å²) in [6.45, 7) is 0.780. The number of carbonyl (C=O) groups is 1. The second-order valence-corrected chi connectivity index (χ2v) is 4.03. The van der Waals surface area contributed by atoms with Gasteiger partial charge in [-0.1, -0.05) is 28.3 Å². The number of carbonyl (C=O) groups excluding carboxylic acids is 1. The first-order chi connectivity index (χ1) is 8.15. The Hall–Kier alpha value is -1.42. The Morgan fingerprint density at radius 2 is 2.24 bits per heavy atom. The van der Waals surface area contributed by atoms with Gasteiger partial charge in [-0.15, -0.1) is 0 Å². The number of hydrogen-bond acceptors (Lipinski definition) is 2. The maximum atomic E-state index is 11.7. The molecule has 0 aromatic heterocycles. The van der Waals surface area contributed by atoms with E-state index in [-0.39, 0.29) is 5.91 Å². The molecule has 1 aromatic carbocycles. The number of nitrogens with zero attached hydrogens (tertiary/aromatic N) is 3. The van der Waals surface area contributed by atoms with Crippen molar-refractivity contribution in [2.24, 2.45) is 5.11 Å². The fourth-order valence-corrected chi connectivity index (χ4v) is 1.66. The van der Waals surface area contributed by atoms with Crippen LogP contribution in [0.1, 0.15) is 16.8 Å². The largest absolute Gasteiger partial charge is 0.352 e. The van der Waals surface area contributed by atoms with Crippen molar-refractivity contribution in [1.29, 1.82) is 0 Å². The summed E-state index contributed by atoms with van der Waals surface area (Å²) in [5.41, 5.74) is 8.43. The van der Waals surface area contributed by atoms with Crippen molar-refractivity contribution in [2.75, 3.05) is 13.1 Å². The summed E-state index contributed by atoms with van der Waals surface area (Å²) in [6, 6.07) is 4.67. The van der Waals surface area contributed by atoms with E-state index in [4.69, 9.17) is 28.7 Å². The van der Waals surface area contributed by atoms with Gasteiger partial charge in [0.05, 0.1) is 10.6 Å². The van der Waals surface area contributed by atoms with Crippen molar-refractivity contribution in [3.05, 3.63) is 44.3 Å². The third-order valence-electron chi connectivity index (χ3n) is 1.96. The van der Waals surface area contributed by atoms with Gasteiger partial charge in [-0.2, -0.15) is 0 Å². The maximum Gasteiger partial charge on any atom is 0.252 e. The highest BCUT2D eigenvalue weighted by Gasteiger charge is 2.09. The van der Waals surface area contributed by atoms with Gasteiger partial charge in [0.1, 0.15) is 0 Å². The van der Waals surface area contributed by atoms with E-state index in [9.17, 15) is 4.79 Å². The number of nitrogens with one attached hydrogen (secondary N) is 1. The average Bonchev–Trinajstić information content (AvgIpc) is 2.28. The number of rotatable bonds is 5. The van der Waals surface area contributed by atoms with Crippen LogP contribution in [-0.4, -0.2) is 19.0 Å². The van der Waals surface area contributed by atoms with Crippen LogP contribution in [0.15, 0.2) is 23.3 Å². The Labute approximate surface area is 108 Å². The molecule has 17 heavy (non-hydrogen) atoms. The molecule has 5 nitrogen and oxygen atoms in total. The minimum absolute atomic E-state index is 0.271. The summed E-state index contributed by atoms with van der Waals surface area (Å²) in [5, 5.41) is 6.82. The summed E-state index contributed by atoms with van der Waals surface area (Å²) >= 11 is 11.6. The van der Waals surface area contributed by atoms with Gasteiger partial charge in [0.2, 0.25) is 0 Å². The van der Waals surface area contributed by atoms with Gasteiger partial charge in [-0.05, 0) is 30.2 Å². The molecule has 0 saturated heterocycles. The highest BCUT2D eigenvalue weighted by Crippen LogP contribution is 2.20. The van der Waals surface area contributed by atoms with Crippen molar-refractivity contribution in [3.63, 3.8) is 0 Å². The first-order valence-electron chi connectivity index (χ1n) is 4.89. The molecule has 0 aliphatic rings. The average molecular weight is 273 g/mol. The summed E-state index contributed by atoms with van der Waals surface area (Å²) in [6.07, 6.45) is 0.584. The second kappa shape index (κ2) is 7.01. The number of azide groups is 1. The van der Waals surface area contributed by atoms with Gasteiger partial charge in [0.25, 0.3) is 5.91 Å². The molecule has 7 heteroatoms. The molecule has 1 aromatic rings. The van der Waals surface area contributed by atoms with Crippen molar-refractivity contribution in [2.45, 2.75) is 6.42 Å². The van der Waals surface area contributed by atoms with Crippen molar-refractivity contribution in [3.8, 4) is 0 Å². The van der Waals surface area contributed by atoms with Crippen molar-refractivity contribution >= 4 is 29.1 Å². The fourth-order valence-electron chi connectivity index (χ4n) is 1.17. The number of halogens is 2. The lowest BCUT2D eigenvalue weighted by atomic mass is 10.2. The number of hydrogen-bond donors (Lipinski definition) is 1. The maximum absolute atomic E-state index is 11.7. The van der Waals surface area contributed by atoms with Crippen LogP contribution in [-0.2, 0) is 0 Å². The molecule has 0 bridgehead atoms. The molecule has 0 spiro atoms. The van der Waals surface area contributed by atoms with Crippen molar-refractivity contribution < 1.29 is 4.79 Å². The first-order valence-corrected chi connectivity index (χ1v) is 5.65. The lowest BCUT2D eigenvalue weighted by molar-refractivity contribution is 0.0953. The molecule has 1 N–H and O–H groups in total. The Morgan fingerprint density at radius 1 is 1.47 bits per heavy atom. The molecule has 0 aliphatic carbocycles. The van der Waals surface area contributed by atoms with Crippen LogP contribution in [0.3, 0.4) is 0 Å². The topological polar surface area (TPSA) is 77.9 Å². The third kappa shape index (κ3) is 4.53. The zero-order valence-electron chi connectivity index (χ0n) is 8.86. The van der Waals surface area contributed by atoms with Crippen LogP contribution in [0.4, 0.5) is 0 Å². The highest BCUT2D eigenvalue weighted by atomic mass is 35.5. The first kappa shape index (κ1) is 13.6. The number of amides is 1. The minimum atomic E-state index is -0.271. The van der Waals surface area contributed by atoms with Gasteiger partial charge in [0, 0.05) is 23.0 Å². The smallest absolute Gasteiger partial charge is 0.252 e. The third-order valence-corrected chi connectivity index (χ3v) is 2.51. The molecule has 0 saturated carbocycles. The Bertz CT molecular complexity index is 458. The summed E-state index contributed by atoms with van der Waals surface area (Å²) in [4.78, 5) is 14.3. The molecule has 0 aliphatic heterocycles. The molecule has 0 fully saturated rings. The van der Waals surface area contributed by atoms with E-state index in [1.54, 1.807) is 12.1 Å². The predicted molar refractivity (Wildman–Crippen MR) is 67.4 cm³/mol. The molecule has 1 amide bonds. The van der Waals surface area contributed by atoms with Crippen molar-refractivity contribution in [1.82, 2.24) is 5.32 Å². The van der Waals surface area contributed by atoms with Gasteiger partial charge in [-0.25, -0.2) is 0 Å². The Kier molecular flexibility index (Phi) is 5.63. The van der Waals surface area contributed by atoms with E-state index in [1.165, 1.54) is 6.07 Å². The predicted octanol–water partition coefficient (Wildman–Crippen LogP) is 3.42. The zero-order chi connectivity index (χ0) is 12.7. The van der Waals surface area contributed by atoms with Gasteiger partial charge in [-0.3, -0.25) is 4.79 Å². The summed E-state index contributed by atoms with van der Waals surface area (Å²) in [5.74, 6) is -0.271. The van der Waals surface area contributed by atoms with E-state index in [0.29, 0.717) is 35.1 Å². The number of benzene rings is 1. The molecule has 0 atom stereocenters. The molecular weight excluding hydrogens is 263 g/mol. The Balaban J connectivity index is 2.49. The molecule has 0 unspecified atom stereocenters. The lowest BCUT2D eigenvalue weighted by Crippen LogP contribution is -2.25. The van der Waals surface area contributed by atoms with E-state index in [0.717, 1.165) is 0 Å². The summed E-state index contributed by atoms with van der Waals surface area (Å²) < 4.78 is 0. The van der Waals surface area contributed by atoms with Crippen LogP contribution in [0.5, 0.6) is 0 Å². The molecular formula is C10H10Cl2N4O. The van der Waals surface area contributed by atoms with Crippen LogP contribution >= 0.6 is 23.2 Å². The monoisotopic (exact) mass is 272 g/mol. The van der Waals surface area contributed by atoms with Crippen LogP contribution < -0.4 is 5.32 Å².